The lowest BCUT2D eigenvalue weighted by Crippen LogP contribution is -2.26. The van der Waals surface area contributed by atoms with Crippen molar-refractivity contribution < 1.29 is 0 Å². The first-order valence-corrected chi connectivity index (χ1v) is 8.93. The van der Waals surface area contributed by atoms with Crippen molar-refractivity contribution in [2.45, 2.75) is 19.3 Å². The summed E-state index contributed by atoms with van der Waals surface area (Å²) in [5.41, 5.74) is 11.0. The molecule has 0 unspecified atom stereocenters. The molecule has 0 aliphatic heterocycles. The second kappa shape index (κ2) is 5.07. The molecule has 5 rings (SSSR count). The van der Waals surface area contributed by atoms with Gasteiger partial charge in [-0.2, -0.15) is 0 Å². The van der Waals surface area contributed by atoms with E-state index in [1.165, 1.54) is 44.5 Å². The normalized spacial score (nSPS) is 16.4. The number of fused-ring (bicyclic) bond motifs is 7. The molecule has 3 aromatic rings. The van der Waals surface area contributed by atoms with Crippen LogP contribution in [0.5, 0.6) is 0 Å². The summed E-state index contributed by atoms with van der Waals surface area (Å²) in [5, 5.41) is 0. The van der Waals surface area contributed by atoms with Gasteiger partial charge in [-0.3, -0.25) is 0 Å². The highest BCUT2D eigenvalue weighted by atomic mass is 14.5. The lowest BCUT2D eigenvalue weighted by Gasteiger charge is -2.31. The molecule has 25 heavy (non-hydrogen) atoms. The van der Waals surface area contributed by atoms with Gasteiger partial charge in [-0.05, 0) is 58.4 Å². The van der Waals surface area contributed by atoms with E-state index in [-0.39, 0.29) is 5.41 Å². The molecule has 0 saturated heterocycles. The Morgan fingerprint density at radius 3 is 1.60 bits per heavy atom. The van der Waals surface area contributed by atoms with Gasteiger partial charge < -0.3 is 0 Å². The summed E-state index contributed by atoms with van der Waals surface area (Å²) in [6.45, 7) is 4.42. The molecule has 0 fully saturated rings. The number of allylic oxidation sites excluding steroid dienone is 4. The Hall–Kier alpha value is -2.86. The quantitative estimate of drug-likeness (QED) is 0.489. The fourth-order valence-electron chi connectivity index (χ4n) is 4.96. The fourth-order valence-corrected chi connectivity index (χ4v) is 4.96. The van der Waals surface area contributed by atoms with Crippen LogP contribution >= 0.6 is 0 Å². The van der Waals surface area contributed by atoms with Gasteiger partial charge in [-0.1, -0.05) is 84.9 Å². The van der Waals surface area contributed by atoms with Gasteiger partial charge in [0.25, 0.3) is 0 Å². The Labute approximate surface area is 149 Å². The van der Waals surface area contributed by atoms with Crippen molar-refractivity contribution in [1.82, 2.24) is 0 Å². The summed E-state index contributed by atoms with van der Waals surface area (Å²) in [6.07, 6.45) is 4.42. The van der Waals surface area contributed by atoms with E-state index in [0.717, 1.165) is 0 Å². The third kappa shape index (κ3) is 1.62. The molecule has 120 valence electrons. The van der Waals surface area contributed by atoms with Crippen LogP contribution in [0.2, 0.25) is 0 Å². The monoisotopic (exact) mass is 320 g/mol. The average molecular weight is 320 g/mol. The highest BCUT2D eigenvalue weighted by Crippen LogP contribution is 2.61. The second-order valence-electron chi connectivity index (χ2n) is 6.93. The Morgan fingerprint density at radius 2 is 1.08 bits per heavy atom. The van der Waals surface area contributed by atoms with Gasteiger partial charge in [0.15, 0.2) is 0 Å². The molecule has 0 amide bonds. The van der Waals surface area contributed by atoms with Crippen molar-refractivity contribution in [2.75, 3.05) is 0 Å². The Balaban J connectivity index is 2.00. The molecule has 0 bridgehead atoms. The third-order valence-corrected chi connectivity index (χ3v) is 5.87. The van der Waals surface area contributed by atoms with Gasteiger partial charge in [0.2, 0.25) is 0 Å². The first-order chi connectivity index (χ1) is 12.3. The average Bonchev–Trinajstić information content (AvgIpc) is 3.10. The van der Waals surface area contributed by atoms with Gasteiger partial charge in [-0.25, -0.2) is 0 Å². The number of hydrogen-bond acceptors (Lipinski definition) is 0. The summed E-state index contributed by atoms with van der Waals surface area (Å²) in [7, 11) is 0. The van der Waals surface area contributed by atoms with E-state index in [9.17, 15) is 0 Å². The molecule has 0 nitrogen and oxygen atoms in total. The SMILES string of the molecule is C/C=C\C1=C(C)C2(c3ccccc31)c1ccccc1-c1ccccc12. The Kier molecular flexibility index (Phi) is 2.93. The molecule has 2 aliphatic rings. The minimum atomic E-state index is -0.154. The summed E-state index contributed by atoms with van der Waals surface area (Å²) in [5.74, 6) is 0. The summed E-state index contributed by atoms with van der Waals surface area (Å²) in [4.78, 5) is 0. The summed E-state index contributed by atoms with van der Waals surface area (Å²) < 4.78 is 0. The van der Waals surface area contributed by atoms with Crippen LogP contribution in [-0.2, 0) is 5.41 Å². The van der Waals surface area contributed by atoms with E-state index in [1.54, 1.807) is 0 Å². The number of rotatable bonds is 1. The largest absolute Gasteiger partial charge is 0.0870 e. The molecule has 0 aromatic heterocycles. The molecule has 0 saturated carbocycles. The van der Waals surface area contributed by atoms with Crippen LogP contribution in [0.4, 0.5) is 0 Å². The number of hydrogen-bond donors (Lipinski definition) is 0. The van der Waals surface area contributed by atoms with Gasteiger partial charge in [-0.15, -0.1) is 0 Å². The molecule has 0 heteroatoms. The van der Waals surface area contributed by atoms with E-state index in [0.29, 0.717) is 0 Å². The van der Waals surface area contributed by atoms with E-state index < -0.39 is 0 Å². The summed E-state index contributed by atoms with van der Waals surface area (Å²) in [6, 6.07) is 26.7. The maximum atomic E-state index is 2.31. The molecule has 0 radical (unpaired) electrons. The fraction of sp³-hybridized carbons (Fsp3) is 0.120. The maximum absolute atomic E-state index is 2.31. The van der Waals surface area contributed by atoms with Crippen molar-refractivity contribution in [3.63, 3.8) is 0 Å². The van der Waals surface area contributed by atoms with E-state index in [1.807, 2.05) is 0 Å². The van der Waals surface area contributed by atoms with Crippen molar-refractivity contribution >= 4 is 5.57 Å². The van der Waals surface area contributed by atoms with Crippen LogP contribution in [0, 0.1) is 0 Å². The standard InChI is InChI=1S/C25H20/c1-3-10-18-17(2)25(22-14-7-4-11-19(18)22)23-15-8-5-12-20(23)21-13-6-9-16-24(21)25/h3-16H,1-2H3/b10-3-. The smallest absolute Gasteiger partial charge is 0.0685 e. The molecule has 0 atom stereocenters. The molecule has 0 N–H and O–H groups in total. The van der Waals surface area contributed by atoms with E-state index in [4.69, 9.17) is 0 Å². The second-order valence-corrected chi connectivity index (χ2v) is 6.93. The van der Waals surface area contributed by atoms with Crippen molar-refractivity contribution in [3.8, 4) is 11.1 Å². The molecule has 0 heterocycles. The van der Waals surface area contributed by atoms with Crippen molar-refractivity contribution in [1.29, 1.82) is 0 Å². The van der Waals surface area contributed by atoms with Crippen molar-refractivity contribution in [2.24, 2.45) is 0 Å². The highest BCUT2D eigenvalue weighted by molar-refractivity contribution is 5.96. The Bertz CT molecular complexity index is 1020. The summed E-state index contributed by atoms with van der Waals surface area (Å²) >= 11 is 0. The minimum absolute atomic E-state index is 0.154. The van der Waals surface area contributed by atoms with E-state index in [2.05, 4.69) is 98.8 Å². The minimum Gasteiger partial charge on any atom is -0.0870 e. The first-order valence-electron chi connectivity index (χ1n) is 8.93. The Morgan fingerprint density at radius 1 is 0.640 bits per heavy atom. The van der Waals surface area contributed by atoms with Crippen LogP contribution in [0.1, 0.15) is 36.1 Å². The molecule has 3 aromatic carbocycles. The zero-order chi connectivity index (χ0) is 17.0. The van der Waals surface area contributed by atoms with Crippen LogP contribution in [-0.4, -0.2) is 0 Å². The van der Waals surface area contributed by atoms with Crippen LogP contribution in [0.15, 0.2) is 90.5 Å². The van der Waals surface area contributed by atoms with Gasteiger partial charge in [0, 0.05) is 0 Å². The van der Waals surface area contributed by atoms with Gasteiger partial charge >= 0.3 is 0 Å². The molecular weight excluding hydrogens is 300 g/mol. The predicted molar refractivity (Wildman–Crippen MR) is 106 cm³/mol. The lowest BCUT2D eigenvalue weighted by molar-refractivity contribution is 0.766. The zero-order valence-corrected chi connectivity index (χ0v) is 14.6. The van der Waals surface area contributed by atoms with Crippen LogP contribution < -0.4 is 0 Å². The molecular formula is C25H20. The highest BCUT2D eigenvalue weighted by Gasteiger charge is 2.50. The van der Waals surface area contributed by atoms with Gasteiger partial charge in [0.05, 0.1) is 5.41 Å². The van der Waals surface area contributed by atoms with Crippen LogP contribution in [0.3, 0.4) is 0 Å². The lowest BCUT2D eigenvalue weighted by atomic mass is 9.70. The topological polar surface area (TPSA) is 0 Å². The predicted octanol–water partition coefficient (Wildman–Crippen LogP) is 6.36. The number of benzene rings is 3. The van der Waals surface area contributed by atoms with Gasteiger partial charge in [0.1, 0.15) is 0 Å². The van der Waals surface area contributed by atoms with E-state index >= 15 is 0 Å². The zero-order valence-electron chi connectivity index (χ0n) is 14.6. The van der Waals surface area contributed by atoms with Crippen LogP contribution in [0.25, 0.3) is 16.7 Å². The first kappa shape index (κ1) is 14.5. The van der Waals surface area contributed by atoms with Crippen molar-refractivity contribution in [3.05, 3.63) is 113 Å². The molecule has 2 aliphatic carbocycles. The third-order valence-electron chi connectivity index (χ3n) is 5.87. The maximum Gasteiger partial charge on any atom is 0.0685 e. The molecule has 1 spiro atoms.